The number of benzene rings is 1. The molecule has 2 rings (SSSR count). The molecule has 0 aliphatic heterocycles. The van der Waals surface area contributed by atoms with Gasteiger partial charge in [-0.05, 0) is 36.8 Å². The Balaban J connectivity index is 1.74. The second-order valence-electron chi connectivity index (χ2n) is 5.09. The van der Waals surface area contributed by atoms with Gasteiger partial charge in [-0.1, -0.05) is 24.2 Å². The molecule has 24 heavy (non-hydrogen) atoms. The first-order valence-corrected chi connectivity index (χ1v) is 7.68. The smallest absolute Gasteiger partial charge is 0.238 e. The molecule has 6 nitrogen and oxygen atoms in total. The van der Waals surface area contributed by atoms with Crippen molar-refractivity contribution >= 4 is 34.8 Å². The fourth-order valence-electron chi connectivity index (χ4n) is 1.90. The van der Waals surface area contributed by atoms with Gasteiger partial charge in [-0.25, -0.2) is 0 Å². The van der Waals surface area contributed by atoms with E-state index in [0.29, 0.717) is 22.2 Å². The van der Waals surface area contributed by atoms with E-state index in [-0.39, 0.29) is 24.7 Å². The van der Waals surface area contributed by atoms with Gasteiger partial charge in [0.2, 0.25) is 11.8 Å². The van der Waals surface area contributed by atoms with Crippen molar-refractivity contribution in [1.82, 2.24) is 10.9 Å². The number of amides is 2. The third-order valence-electron chi connectivity index (χ3n) is 3.29. The summed E-state index contributed by atoms with van der Waals surface area (Å²) in [5, 5.41) is 3.31. The molecular formula is C17H18ClN3O3. The average Bonchev–Trinajstić information content (AvgIpc) is 3.09. The molecule has 0 radical (unpaired) electrons. The van der Waals surface area contributed by atoms with Gasteiger partial charge < -0.3 is 9.73 Å². The molecule has 1 heterocycles. The zero-order valence-electron chi connectivity index (χ0n) is 13.2. The van der Waals surface area contributed by atoms with Gasteiger partial charge in [0.1, 0.15) is 0 Å². The van der Waals surface area contributed by atoms with E-state index in [1.165, 1.54) is 6.26 Å². The quantitative estimate of drug-likeness (QED) is 0.671. The van der Waals surface area contributed by atoms with Crippen molar-refractivity contribution in [3.8, 4) is 0 Å². The van der Waals surface area contributed by atoms with Gasteiger partial charge in [0, 0.05) is 23.6 Å². The Hall–Kier alpha value is -2.73. The molecule has 0 aliphatic carbocycles. The van der Waals surface area contributed by atoms with E-state index >= 15 is 0 Å². The first-order valence-electron chi connectivity index (χ1n) is 7.30. The van der Waals surface area contributed by atoms with Gasteiger partial charge in [0.05, 0.1) is 12.0 Å². The van der Waals surface area contributed by atoms with Crippen molar-refractivity contribution in [3.63, 3.8) is 0 Å². The number of rotatable bonds is 7. The fourth-order valence-corrected chi connectivity index (χ4v) is 2.08. The van der Waals surface area contributed by atoms with Crippen LogP contribution in [0.25, 0.3) is 5.70 Å². The number of halogens is 1. The summed E-state index contributed by atoms with van der Waals surface area (Å²) < 4.78 is 5.12. The molecule has 1 aromatic carbocycles. The predicted molar refractivity (Wildman–Crippen MR) is 93.1 cm³/mol. The summed E-state index contributed by atoms with van der Waals surface area (Å²) in [5.74, 6) is -0.0782. The molecule has 0 bridgehead atoms. The number of hydrazine groups is 1. The predicted octanol–water partition coefficient (Wildman–Crippen LogP) is 3.25. The van der Waals surface area contributed by atoms with Crippen LogP contribution in [0.1, 0.15) is 24.2 Å². The van der Waals surface area contributed by atoms with Gasteiger partial charge in [0.25, 0.3) is 0 Å². The molecule has 0 atom stereocenters. The standard InChI is InChI=1S/C17H18ClN3O3/c1-11-13(18)5-3-6-14(11)19-16(22)8-9-17(23)21-20-12(2)15-7-4-10-24-15/h3-7,10,20H,2,8-9H2,1H3,(H,19,22)(H,21,23). The molecule has 1 aromatic heterocycles. The van der Waals surface area contributed by atoms with Crippen molar-refractivity contribution < 1.29 is 14.0 Å². The lowest BCUT2D eigenvalue weighted by Gasteiger charge is -2.10. The van der Waals surface area contributed by atoms with E-state index < -0.39 is 0 Å². The SMILES string of the molecule is C=C(NNC(=O)CCC(=O)Nc1cccc(Cl)c1C)c1ccco1. The molecule has 2 aromatic rings. The molecule has 0 saturated carbocycles. The highest BCUT2D eigenvalue weighted by Crippen LogP contribution is 2.23. The number of nitrogens with one attached hydrogen (secondary N) is 3. The van der Waals surface area contributed by atoms with Crippen molar-refractivity contribution in [2.24, 2.45) is 0 Å². The van der Waals surface area contributed by atoms with Crippen LogP contribution in [0, 0.1) is 6.92 Å². The van der Waals surface area contributed by atoms with Gasteiger partial charge >= 0.3 is 0 Å². The summed E-state index contributed by atoms with van der Waals surface area (Å²) in [6.07, 6.45) is 1.59. The zero-order chi connectivity index (χ0) is 17.5. The van der Waals surface area contributed by atoms with Crippen LogP contribution in [0.4, 0.5) is 5.69 Å². The number of hydrogen-bond donors (Lipinski definition) is 3. The van der Waals surface area contributed by atoms with Crippen LogP contribution in [-0.2, 0) is 9.59 Å². The lowest BCUT2D eigenvalue weighted by atomic mass is 10.2. The highest BCUT2D eigenvalue weighted by atomic mass is 35.5. The average molecular weight is 348 g/mol. The normalized spacial score (nSPS) is 10.1. The molecule has 3 N–H and O–H groups in total. The van der Waals surface area contributed by atoms with Gasteiger partial charge in [-0.15, -0.1) is 0 Å². The molecule has 0 aliphatic rings. The van der Waals surface area contributed by atoms with Crippen LogP contribution in [0.5, 0.6) is 0 Å². The second kappa shape index (κ2) is 8.21. The Morgan fingerprint density at radius 3 is 2.58 bits per heavy atom. The van der Waals surface area contributed by atoms with E-state index in [9.17, 15) is 9.59 Å². The number of hydrogen-bond acceptors (Lipinski definition) is 4. The molecule has 0 spiro atoms. The van der Waals surface area contributed by atoms with Crippen LogP contribution >= 0.6 is 11.6 Å². The number of anilines is 1. The summed E-state index contributed by atoms with van der Waals surface area (Å²) in [7, 11) is 0. The van der Waals surface area contributed by atoms with Crippen molar-refractivity contribution in [1.29, 1.82) is 0 Å². The van der Waals surface area contributed by atoms with Crippen molar-refractivity contribution in [2.75, 3.05) is 5.32 Å². The molecule has 0 saturated heterocycles. The first kappa shape index (κ1) is 17.6. The Bertz CT molecular complexity index is 742. The molecule has 126 valence electrons. The summed E-state index contributed by atoms with van der Waals surface area (Å²) in [4.78, 5) is 23.7. The van der Waals surface area contributed by atoms with Gasteiger partial charge in [-0.2, -0.15) is 0 Å². The third kappa shape index (κ3) is 4.89. The largest absolute Gasteiger partial charge is 0.463 e. The second-order valence-corrected chi connectivity index (χ2v) is 5.50. The van der Waals surface area contributed by atoms with E-state index in [4.69, 9.17) is 16.0 Å². The fraction of sp³-hybridized carbons (Fsp3) is 0.176. The van der Waals surface area contributed by atoms with Crippen molar-refractivity contribution in [2.45, 2.75) is 19.8 Å². The maximum Gasteiger partial charge on any atom is 0.238 e. The number of carbonyl (C=O) groups excluding carboxylic acids is 2. The van der Waals surface area contributed by atoms with Crippen LogP contribution in [0.15, 0.2) is 47.6 Å². The molecule has 7 heteroatoms. The molecule has 2 amide bonds. The minimum Gasteiger partial charge on any atom is -0.463 e. The lowest BCUT2D eigenvalue weighted by Crippen LogP contribution is -2.36. The summed E-state index contributed by atoms with van der Waals surface area (Å²) in [6, 6.07) is 8.68. The number of carbonyl (C=O) groups is 2. The van der Waals surface area contributed by atoms with E-state index in [2.05, 4.69) is 22.7 Å². The van der Waals surface area contributed by atoms with Crippen molar-refractivity contribution in [3.05, 3.63) is 59.5 Å². The summed E-state index contributed by atoms with van der Waals surface area (Å²) in [6.45, 7) is 5.54. The topological polar surface area (TPSA) is 83.4 Å². The highest BCUT2D eigenvalue weighted by molar-refractivity contribution is 6.31. The lowest BCUT2D eigenvalue weighted by molar-refractivity contribution is -0.124. The van der Waals surface area contributed by atoms with E-state index in [1.54, 1.807) is 30.3 Å². The highest BCUT2D eigenvalue weighted by Gasteiger charge is 2.10. The Morgan fingerprint density at radius 1 is 1.12 bits per heavy atom. The Labute approximate surface area is 144 Å². The van der Waals surface area contributed by atoms with Crippen LogP contribution in [0.2, 0.25) is 5.02 Å². The molecule has 0 fully saturated rings. The van der Waals surface area contributed by atoms with E-state index in [0.717, 1.165) is 5.56 Å². The van der Waals surface area contributed by atoms with Crippen LogP contribution in [0.3, 0.4) is 0 Å². The summed E-state index contributed by atoms with van der Waals surface area (Å²) in [5.41, 5.74) is 6.94. The summed E-state index contributed by atoms with van der Waals surface area (Å²) >= 11 is 6.00. The third-order valence-corrected chi connectivity index (χ3v) is 3.70. The first-order chi connectivity index (χ1) is 11.5. The maximum atomic E-state index is 11.9. The van der Waals surface area contributed by atoms with Gasteiger partial charge in [0.15, 0.2) is 5.76 Å². The molecule has 0 unspecified atom stereocenters. The Kier molecular flexibility index (Phi) is 6.03. The Morgan fingerprint density at radius 2 is 1.88 bits per heavy atom. The number of furan rings is 1. The van der Waals surface area contributed by atoms with Crippen LogP contribution < -0.4 is 16.2 Å². The minimum absolute atomic E-state index is 0.0316. The maximum absolute atomic E-state index is 11.9. The molecular weight excluding hydrogens is 330 g/mol. The van der Waals surface area contributed by atoms with E-state index in [1.807, 2.05) is 6.92 Å². The zero-order valence-corrected chi connectivity index (χ0v) is 13.9. The van der Waals surface area contributed by atoms with Crippen LogP contribution in [-0.4, -0.2) is 11.8 Å². The minimum atomic E-state index is -0.333. The monoisotopic (exact) mass is 347 g/mol. The van der Waals surface area contributed by atoms with Gasteiger partial charge in [-0.3, -0.25) is 20.4 Å².